The molecule has 0 fully saturated rings. The zero-order chi connectivity index (χ0) is 11.9. The van der Waals surface area contributed by atoms with E-state index in [1.807, 2.05) is 0 Å². The molecule has 17 heavy (non-hydrogen) atoms. The molecule has 2 aromatic rings. The minimum Gasteiger partial charge on any atom is -0.344 e. The van der Waals surface area contributed by atoms with Crippen molar-refractivity contribution in [1.82, 2.24) is 16.1 Å². The lowest BCUT2D eigenvalue weighted by Gasteiger charge is -2.18. The van der Waals surface area contributed by atoms with Gasteiger partial charge in [0.1, 0.15) is 6.04 Å². The third-order valence-corrected chi connectivity index (χ3v) is 3.24. The third kappa shape index (κ3) is 2.68. The van der Waals surface area contributed by atoms with E-state index in [1.54, 1.807) is 11.4 Å². The Morgan fingerprint density at radius 1 is 1.47 bits per heavy atom. The van der Waals surface area contributed by atoms with Crippen LogP contribution >= 0.6 is 22.9 Å². The SMILES string of the molecule is CC(F)(F)C(N)c1nc(Cl)nc2ccsc12.N. The lowest BCUT2D eigenvalue weighted by molar-refractivity contribution is -0.00693. The van der Waals surface area contributed by atoms with Crippen molar-refractivity contribution in [1.29, 1.82) is 0 Å². The molecule has 94 valence electrons. The summed E-state index contributed by atoms with van der Waals surface area (Å²) in [6.07, 6.45) is 0. The highest BCUT2D eigenvalue weighted by Crippen LogP contribution is 2.34. The summed E-state index contributed by atoms with van der Waals surface area (Å²) in [7, 11) is 0. The standard InChI is InChI=1S/C9H8ClF2N3S.H3N/c1-9(11,12)7(13)5-6-4(2-3-16-6)14-8(10)15-5;/h2-3,7H,13H2,1H3;1H3. The normalized spacial score (nSPS) is 13.5. The molecule has 0 aromatic carbocycles. The van der Waals surface area contributed by atoms with Crippen molar-refractivity contribution in [3.8, 4) is 0 Å². The minimum atomic E-state index is -3.05. The molecule has 4 nitrogen and oxygen atoms in total. The maximum absolute atomic E-state index is 13.1. The van der Waals surface area contributed by atoms with Gasteiger partial charge in [-0.1, -0.05) is 0 Å². The molecule has 2 heterocycles. The molecule has 2 aromatic heterocycles. The van der Waals surface area contributed by atoms with Gasteiger partial charge in [-0.25, -0.2) is 18.7 Å². The molecule has 0 spiro atoms. The van der Waals surface area contributed by atoms with Crippen LogP contribution in [0.4, 0.5) is 8.78 Å². The van der Waals surface area contributed by atoms with E-state index < -0.39 is 12.0 Å². The molecule has 2 rings (SSSR count). The topological polar surface area (TPSA) is 86.8 Å². The number of rotatable bonds is 2. The van der Waals surface area contributed by atoms with Crippen molar-refractivity contribution in [3.05, 3.63) is 22.4 Å². The van der Waals surface area contributed by atoms with Crippen molar-refractivity contribution in [2.24, 2.45) is 5.73 Å². The summed E-state index contributed by atoms with van der Waals surface area (Å²) < 4.78 is 26.8. The van der Waals surface area contributed by atoms with Gasteiger partial charge in [0.05, 0.1) is 15.9 Å². The lowest BCUT2D eigenvalue weighted by atomic mass is 10.1. The molecule has 8 heteroatoms. The first-order chi connectivity index (χ1) is 7.39. The first-order valence-corrected chi connectivity index (χ1v) is 5.69. The highest BCUT2D eigenvalue weighted by atomic mass is 35.5. The average molecular weight is 281 g/mol. The van der Waals surface area contributed by atoms with Gasteiger partial charge in [0.2, 0.25) is 5.28 Å². The number of fused-ring (bicyclic) bond motifs is 1. The summed E-state index contributed by atoms with van der Waals surface area (Å²) in [6, 6.07) is 0.214. The highest BCUT2D eigenvalue weighted by molar-refractivity contribution is 7.17. The van der Waals surface area contributed by atoms with Gasteiger partial charge in [-0.15, -0.1) is 11.3 Å². The minimum absolute atomic E-state index is 0. The predicted octanol–water partition coefficient (Wildman–Crippen LogP) is 3.16. The number of nitrogens with two attached hydrogens (primary N) is 1. The highest BCUT2D eigenvalue weighted by Gasteiger charge is 2.35. The summed E-state index contributed by atoms with van der Waals surface area (Å²) in [4.78, 5) is 7.72. The van der Waals surface area contributed by atoms with Gasteiger partial charge >= 0.3 is 0 Å². The molecule has 0 radical (unpaired) electrons. The Morgan fingerprint density at radius 2 is 2.12 bits per heavy atom. The molecule has 0 saturated carbocycles. The van der Waals surface area contributed by atoms with Gasteiger partial charge in [0.25, 0.3) is 5.92 Å². The molecule has 0 bridgehead atoms. The number of alkyl halides is 2. The van der Waals surface area contributed by atoms with Crippen LogP contribution in [0.3, 0.4) is 0 Å². The summed E-state index contributed by atoms with van der Waals surface area (Å²) in [6.45, 7) is 0.757. The van der Waals surface area contributed by atoms with E-state index in [4.69, 9.17) is 17.3 Å². The summed E-state index contributed by atoms with van der Waals surface area (Å²) in [5.41, 5.74) is 6.11. The van der Waals surface area contributed by atoms with E-state index in [-0.39, 0.29) is 17.1 Å². The van der Waals surface area contributed by atoms with Crippen LogP contribution < -0.4 is 11.9 Å². The van der Waals surface area contributed by atoms with Crippen molar-refractivity contribution < 1.29 is 8.78 Å². The first kappa shape index (κ1) is 14.2. The van der Waals surface area contributed by atoms with Crippen LogP contribution in [0.15, 0.2) is 11.4 Å². The molecule has 5 N–H and O–H groups in total. The summed E-state index contributed by atoms with van der Waals surface area (Å²) in [5.74, 6) is -3.05. The Bertz CT molecular complexity index is 525. The second kappa shape index (κ2) is 4.77. The Hall–Kier alpha value is -0.890. The summed E-state index contributed by atoms with van der Waals surface area (Å²) >= 11 is 6.93. The second-order valence-electron chi connectivity index (χ2n) is 3.45. The van der Waals surface area contributed by atoms with Crippen LogP contribution in [0.25, 0.3) is 10.2 Å². The van der Waals surface area contributed by atoms with Crippen molar-refractivity contribution >= 4 is 33.2 Å². The number of hydrogen-bond acceptors (Lipinski definition) is 5. The molecular formula is C9H11ClF2N4S. The van der Waals surface area contributed by atoms with Gasteiger partial charge in [-0.3, -0.25) is 0 Å². The maximum atomic E-state index is 13.1. The smallest absolute Gasteiger partial charge is 0.265 e. The van der Waals surface area contributed by atoms with E-state index in [1.165, 1.54) is 11.3 Å². The molecule has 1 unspecified atom stereocenters. The summed E-state index contributed by atoms with van der Waals surface area (Å²) in [5, 5.41) is 1.67. The lowest BCUT2D eigenvalue weighted by Crippen LogP contribution is -2.30. The van der Waals surface area contributed by atoms with E-state index in [0.717, 1.165) is 6.92 Å². The fourth-order valence-corrected chi connectivity index (χ4v) is 2.35. The average Bonchev–Trinajstić information content (AvgIpc) is 2.61. The molecular weight excluding hydrogens is 270 g/mol. The fraction of sp³-hybridized carbons (Fsp3) is 0.333. The molecule has 0 amide bonds. The first-order valence-electron chi connectivity index (χ1n) is 4.43. The number of aromatic nitrogens is 2. The van der Waals surface area contributed by atoms with E-state index in [2.05, 4.69) is 9.97 Å². The number of halogens is 3. The Morgan fingerprint density at radius 3 is 2.71 bits per heavy atom. The number of nitrogens with zero attached hydrogens (tertiary/aromatic N) is 2. The van der Waals surface area contributed by atoms with Crippen LogP contribution in [0.5, 0.6) is 0 Å². The number of thiophene rings is 1. The van der Waals surface area contributed by atoms with Gasteiger partial charge in [-0.2, -0.15) is 0 Å². The monoisotopic (exact) mass is 280 g/mol. The number of hydrogen-bond donors (Lipinski definition) is 2. The van der Waals surface area contributed by atoms with Crippen LogP contribution in [0, 0.1) is 0 Å². The van der Waals surface area contributed by atoms with Gasteiger partial charge in [0, 0.05) is 6.92 Å². The van der Waals surface area contributed by atoms with Gasteiger partial charge < -0.3 is 11.9 Å². The van der Waals surface area contributed by atoms with Gasteiger partial charge in [0.15, 0.2) is 0 Å². The van der Waals surface area contributed by atoms with Crippen LogP contribution in [0.2, 0.25) is 5.28 Å². The zero-order valence-corrected chi connectivity index (χ0v) is 10.5. The molecule has 0 aliphatic carbocycles. The predicted molar refractivity (Wildman–Crippen MR) is 65.0 cm³/mol. The molecule has 1 atom stereocenters. The van der Waals surface area contributed by atoms with E-state index in [9.17, 15) is 8.78 Å². The zero-order valence-electron chi connectivity index (χ0n) is 8.95. The fourth-order valence-electron chi connectivity index (χ4n) is 1.31. The van der Waals surface area contributed by atoms with Gasteiger partial charge in [-0.05, 0) is 23.0 Å². The van der Waals surface area contributed by atoms with Crippen LogP contribution in [0.1, 0.15) is 18.7 Å². The quantitative estimate of drug-likeness (QED) is 0.827. The Balaban J connectivity index is 0.00000144. The van der Waals surface area contributed by atoms with E-state index in [0.29, 0.717) is 10.2 Å². The Kier molecular flexibility index (Phi) is 3.98. The molecule has 0 saturated heterocycles. The van der Waals surface area contributed by atoms with E-state index >= 15 is 0 Å². The Labute approximate surface area is 105 Å². The van der Waals surface area contributed by atoms with Crippen LogP contribution in [-0.2, 0) is 0 Å². The molecule has 0 aliphatic heterocycles. The largest absolute Gasteiger partial charge is 0.344 e. The van der Waals surface area contributed by atoms with Crippen molar-refractivity contribution in [3.63, 3.8) is 0 Å². The van der Waals surface area contributed by atoms with Crippen molar-refractivity contribution in [2.45, 2.75) is 18.9 Å². The maximum Gasteiger partial charge on any atom is 0.265 e. The van der Waals surface area contributed by atoms with Crippen LogP contribution in [-0.4, -0.2) is 15.9 Å². The second-order valence-corrected chi connectivity index (χ2v) is 4.70. The third-order valence-electron chi connectivity index (χ3n) is 2.14. The molecule has 0 aliphatic rings. The van der Waals surface area contributed by atoms with Crippen molar-refractivity contribution in [2.75, 3.05) is 0 Å².